The zero-order valence-electron chi connectivity index (χ0n) is 11.2. The van der Waals surface area contributed by atoms with E-state index >= 15 is 0 Å². The Hall–Kier alpha value is -0.590. The van der Waals surface area contributed by atoms with E-state index in [1.165, 1.54) is 0 Å². The van der Waals surface area contributed by atoms with Gasteiger partial charge in [0, 0.05) is 18.8 Å². The number of sulfone groups is 1. The second kappa shape index (κ2) is 5.66. The highest BCUT2D eigenvalue weighted by Gasteiger charge is 2.45. The summed E-state index contributed by atoms with van der Waals surface area (Å²) < 4.78 is 60.2. The molecule has 2 heterocycles. The van der Waals surface area contributed by atoms with Crippen molar-refractivity contribution in [2.75, 3.05) is 0 Å². The summed E-state index contributed by atoms with van der Waals surface area (Å²) in [6.07, 6.45) is -2.80. The van der Waals surface area contributed by atoms with E-state index in [0.717, 1.165) is 6.42 Å². The largest absolute Gasteiger partial charge is 0.389 e. The Labute approximate surface area is 116 Å². The molecule has 2 rings (SSSR count). The molecule has 0 radical (unpaired) electrons. The molecule has 0 saturated carbocycles. The van der Waals surface area contributed by atoms with Crippen LogP contribution in [0.4, 0.5) is 13.2 Å². The van der Waals surface area contributed by atoms with Gasteiger partial charge in [-0.25, -0.2) is 8.42 Å². The lowest BCUT2D eigenvalue weighted by atomic mass is 9.85. The Morgan fingerprint density at radius 2 is 1.65 bits per heavy atom. The normalized spacial score (nSPS) is 32.9. The molecule has 0 aromatic rings. The van der Waals surface area contributed by atoms with Crippen LogP contribution >= 0.6 is 0 Å². The molecule has 7 heteroatoms. The minimum Gasteiger partial charge on any atom is -0.299 e. The molecule has 116 valence electrons. The van der Waals surface area contributed by atoms with Gasteiger partial charge in [0.05, 0.1) is 10.5 Å². The van der Waals surface area contributed by atoms with Gasteiger partial charge < -0.3 is 0 Å². The van der Waals surface area contributed by atoms with E-state index in [-0.39, 0.29) is 24.5 Å². The molecular formula is C13H19F3O3S. The summed E-state index contributed by atoms with van der Waals surface area (Å²) in [7, 11) is -3.11. The molecule has 2 aliphatic heterocycles. The highest BCUT2D eigenvalue weighted by Crippen LogP contribution is 2.40. The molecule has 2 aliphatic rings. The van der Waals surface area contributed by atoms with Gasteiger partial charge in [-0.1, -0.05) is 6.42 Å². The van der Waals surface area contributed by atoms with Crippen LogP contribution in [0.1, 0.15) is 51.4 Å². The third kappa shape index (κ3) is 3.54. The Bertz CT molecular complexity index is 450. The molecular weight excluding hydrogens is 293 g/mol. The van der Waals surface area contributed by atoms with E-state index in [1.807, 2.05) is 0 Å². The number of alkyl halides is 3. The Morgan fingerprint density at radius 3 is 2.15 bits per heavy atom. The van der Waals surface area contributed by atoms with Crippen LogP contribution in [-0.2, 0) is 14.6 Å². The zero-order valence-corrected chi connectivity index (χ0v) is 12.0. The van der Waals surface area contributed by atoms with Gasteiger partial charge in [-0.2, -0.15) is 13.2 Å². The van der Waals surface area contributed by atoms with Gasteiger partial charge in [0.2, 0.25) is 0 Å². The molecule has 0 aliphatic carbocycles. The van der Waals surface area contributed by atoms with Crippen molar-refractivity contribution in [3.63, 3.8) is 0 Å². The summed E-state index contributed by atoms with van der Waals surface area (Å²) >= 11 is 0. The van der Waals surface area contributed by atoms with Crippen LogP contribution in [0.5, 0.6) is 0 Å². The number of hydrogen-bond donors (Lipinski definition) is 0. The first-order chi connectivity index (χ1) is 9.20. The molecule has 2 saturated heterocycles. The van der Waals surface area contributed by atoms with Crippen molar-refractivity contribution in [2.45, 2.75) is 68.0 Å². The van der Waals surface area contributed by atoms with Gasteiger partial charge in [-0.3, -0.25) is 4.79 Å². The van der Waals surface area contributed by atoms with Gasteiger partial charge in [0.25, 0.3) is 0 Å². The number of carbonyl (C=O) groups is 1. The average molecular weight is 312 g/mol. The Morgan fingerprint density at radius 1 is 1.10 bits per heavy atom. The molecule has 2 atom stereocenters. The lowest BCUT2D eigenvalue weighted by Gasteiger charge is -2.38. The minimum atomic E-state index is -4.23. The van der Waals surface area contributed by atoms with Crippen LogP contribution in [-0.4, -0.2) is 30.9 Å². The molecule has 2 unspecified atom stereocenters. The van der Waals surface area contributed by atoms with E-state index in [9.17, 15) is 26.4 Å². The van der Waals surface area contributed by atoms with E-state index < -0.39 is 32.9 Å². The first-order valence-electron chi connectivity index (χ1n) is 7.02. The molecule has 0 N–H and O–H groups in total. The highest BCUT2D eigenvalue weighted by atomic mass is 32.2. The van der Waals surface area contributed by atoms with Crippen molar-refractivity contribution in [1.82, 2.24) is 0 Å². The number of ketones is 1. The lowest BCUT2D eigenvalue weighted by molar-refractivity contribution is -0.137. The molecule has 0 aromatic carbocycles. The first-order valence-corrected chi connectivity index (χ1v) is 8.63. The van der Waals surface area contributed by atoms with Crippen LogP contribution in [0, 0.1) is 5.92 Å². The van der Waals surface area contributed by atoms with Crippen molar-refractivity contribution in [1.29, 1.82) is 0 Å². The number of rotatable bonds is 4. The number of halogens is 3. The van der Waals surface area contributed by atoms with Crippen molar-refractivity contribution in [3.8, 4) is 0 Å². The van der Waals surface area contributed by atoms with Crippen LogP contribution in [0.3, 0.4) is 0 Å². The molecule has 2 fully saturated rings. The quantitative estimate of drug-likeness (QED) is 0.802. The number of carbonyl (C=O) groups excluding carboxylic acids is 1. The monoisotopic (exact) mass is 312 g/mol. The van der Waals surface area contributed by atoms with Gasteiger partial charge in [0.15, 0.2) is 9.84 Å². The van der Waals surface area contributed by atoms with Crippen LogP contribution in [0.25, 0.3) is 0 Å². The van der Waals surface area contributed by atoms with Crippen molar-refractivity contribution >= 4 is 15.6 Å². The van der Waals surface area contributed by atoms with E-state index in [2.05, 4.69) is 0 Å². The maximum Gasteiger partial charge on any atom is 0.389 e. The standard InChI is InChI=1S/C13H19F3O3S/c14-13(15,16)6-2-5-12(17)9-7-10-3-1-4-11(8-9)20(10,18)19/h9-11H,1-8H2. The molecule has 20 heavy (non-hydrogen) atoms. The summed E-state index contributed by atoms with van der Waals surface area (Å²) in [5.74, 6) is -0.553. The fraction of sp³-hybridized carbons (Fsp3) is 0.923. The average Bonchev–Trinajstić information content (AvgIpc) is 2.25. The second-order valence-electron chi connectivity index (χ2n) is 5.87. The third-order valence-corrected chi connectivity index (χ3v) is 7.13. The third-order valence-electron chi connectivity index (χ3n) is 4.42. The zero-order chi connectivity index (χ0) is 15.0. The van der Waals surface area contributed by atoms with Crippen molar-refractivity contribution in [3.05, 3.63) is 0 Å². The molecule has 2 bridgehead atoms. The summed E-state index contributed by atoms with van der Waals surface area (Å²) in [6.45, 7) is 0. The second-order valence-corrected chi connectivity index (χ2v) is 8.38. The van der Waals surface area contributed by atoms with Gasteiger partial charge >= 0.3 is 6.18 Å². The molecule has 0 spiro atoms. The van der Waals surface area contributed by atoms with E-state index in [1.54, 1.807) is 0 Å². The predicted molar refractivity (Wildman–Crippen MR) is 68.0 cm³/mol. The predicted octanol–water partition coefficient (Wildman–Crippen LogP) is 3.03. The van der Waals surface area contributed by atoms with Crippen LogP contribution in [0.15, 0.2) is 0 Å². The number of Topliss-reactive ketones (excluding diaryl/α,β-unsaturated/α-hetero) is 1. The Kier molecular flexibility index (Phi) is 4.47. The van der Waals surface area contributed by atoms with E-state index in [4.69, 9.17) is 0 Å². The van der Waals surface area contributed by atoms with Crippen molar-refractivity contribution < 1.29 is 26.4 Å². The van der Waals surface area contributed by atoms with Gasteiger partial charge in [0.1, 0.15) is 5.78 Å². The number of hydrogen-bond acceptors (Lipinski definition) is 3. The maximum absolute atomic E-state index is 12.0. The fourth-order valence-electron chi connectivity index (χ4n) is 3.34. The topological polar surface area (TPSA) is 51.2 Å². The Balaban J connectivity index is 1.90. The highest BCUT2D eigenvalue weighted by molar-refractivity contribution is 7.92. The van der Waals surface area contributed by atoms with Crippen LogP contribution in [0.2, 0.25) is 0 Å². The first kappa shape index (κ1) is 15.8. The summed E-state index contributed by atoms with van der Waals surface area (Å²) in [5, 5.41) is -0.905. The number of fused-ring (bicyclic) bond motifs is 2. The molecule has 0 amide bonds. The van der Waals surface area contributed by atoms with Gasteiger partial charge in [-0.15, -0.1) is 0 Å². The van der Waals surface area contributed by atoms with Gasteiger partial charge in [-0.05, 0) is 32.1 Å². The minimum absolute atomic E-state index is 0.0936. The van der Waals surface area contributed by atoms with Crippen LogP contribution < -0.4 is 0 Å². The SMILES string of the molecule is O=C(CCCC(F)(F)F)C1CC2CCCC(C1)S2(=O)=O. The maximum atomic E-state index is 12.0. The fourth-order valence-corrected chi connectivity index (χ4v) is 5.87. The summed E-state index contributed by atoms with van der Waals surface area (Å²) in [5.41, 5.74) is 0. The molecule has 3 nitrogen and oxygen atoms in total. The lowest BCUT2D eigenvalue weighted by Crippen LogP contribution is -2.45. The molecule has 0 aromatic heterocycles. The smallest absolute Gasteiger partial charge is 0.299 e. The summed E-state index contributed by atoms with van der Waals surface area (Å²) in [4.78, 5) is 12.0. The summed E-state index contributed by atoms with van der Waals surface area (Å²) in [6, 6.07) is 0. The van der Waals surface area contributed by atoms with E-state index in [0.29, 0.717) is 25.7 Å². The van der Waals surface area contributed by atoms with Crippen molar-refractivity contribution in [2.24, 2.45) is 5.92 Å².